The summed E-state index contributed by atoms with van der Waals surface area (Å²) < 4.78 is 0.918. The highest BCUT2D eigenvalue weighted by atomic mass is 79.9. The molecule has 1 fully saturated rings. The van der Waals surface area contributed by atoms with Crippen LogP contribution in [0.1, 0.15) is 11.3 Å². The molecule has 22 heavy (non-hydrogen) atoms. The van der Waals surface area contributed by atoms with Crippen LogP contribution in [0.3, 0.4) is 0 Å². The molecule has 4 nitrogen and oxygen atoms in total. The Labute approximate surface area is 140 Å². The van der Waals surface area contributed by atoms with Crippen LogP contribution in [0, 0.1) is 0 Å². The number of amides is 2. The average Bonchev–Trinajstić information content (AvgIpc) is 2.76. The lowest BCUT2D eigenvalue weighted by molar-refractivity contribution is -0.123. The quantitative estimate of drug-likeness (QED) is 0.759. The summed E-state index contributed by atoms with van der Waals surface area (Å²) in [5.74, 6) is -0.277. The van der Waals surface area contributed by atoms with Gasteiger partial charge in [0.2, 0.25) is 0 Å². The summed E-state index contributed by atoms with van der Waals surface area (Å²) in [7, 11) is 0. The smallest absolute Gasteiger partial charge is 0.268 e. The second-order valence-corrected chi connectivity index (χ2v) is 6.56. The third-order valence-electron chi connectivity index (χ3n) is 3.07. The third kappa shape index (κ3) is 3.28. The third-order valence-corrected chi connectivity index (χ3v) is 4.47. The number of thioether (sulfide) groups is 1. The highest BCUT2D eigenvalue weighted by Gasteiger charge is 2.35. The normalized spacial score (nSPS) is 16.6. The minimum absolute atomic E-state index is 0.257. The molecule has 1 saturated heterocycles. The zero-order chi connectivity index (χ0) is 15.5. The summed E-state index contributed by atoms with van der Waals surface area (Å²) in [6, 6.07) is 13.0. The molecule has 0 bridgehead atoms. The van der Waals surface area contributed by atoms with Crippen molar-refractivity contribution in [3.05, 3.63) is 69.3 Å². The van der Waals surface area contributed by atoms with E-state index in [0.717, 1.165) is 21.8 Å². The van der Waals surface area contributed by atoms with Crippen LogP contribution < -0.4 is 0 Å². The minimum atomic E-state index is -0.277. The standard InChI is InChI=1S/C16H11BrN2O2S/c17-12-5-3-4-11(8-12)10-19-15(20)14(22-16(19)21)9-13-6-1-2-7-18-13/h1-9H,10H2. The van der Waals surface area contributed by atoms with E-state index in [0.29, 0.717) is 10.6 Å². The van der Waals surface area contributed by atoms with Gasteiger partial charge in [-0.3, -0.25) is 19.5 Å². The fourth-order valence-electron chi connectivity index (χ4n) is 2.05. The molecule has 1 aromatic carbocycles. The van der Waals surface area contributed by atoms with Crippen molar-refractivity contribution in [3.63, 3.8) is 0 Å². The van der Waals surface area contributed by atoms with E-state index in [-0.39, 0.29) is 17.7 Å². The van der Waals surface area contributed by atoms with Gasteiger partial charge in [-0.05, 0) is 47.7 Å². The summed E-state index contributed by atoms with van der Waals surface area (Å²) in [6.07, 6.45) is 3.30. The molecule has 1 aliphatic heterocycles. The Morgan fingerprint density at radius 3 is 2.77 bits per heavy atom. The Hall–Kier alpha value is -1.92. The number of pyridine rings is 1. The van der Waals surface area contributed by atoms with Crippen molar-refractivity contribution in [3.8, 4) is 0 Å². The molecule has 1 aromatic heterocycles. The van der Waals surface area contributed by atoms with Crippen LogP contribution >= 0.6 is 27.7 Å². The summed E-state index contributed by atoms with van der Waals surface area (Å²) in [4.78, 5) is 30.3. The van der Waals surface area contributed by atoms with Gasteiger partial charge in [0, 0.05) is 10.7 Å². The van der Waals surface area contributed by atoms with E-state index in [2.05, 4.69) is 20.9 Å². The zero-order valence-electron chi connectivity index (χ0n) is 11.4. The van der Waals surface area contributed by atoms with Gasteiger partial charge in [-0.2, -0.15) is 0 Å². The van der Waals surface area contributed by atoms with Crippen LogP contribution in [0.5, 0.6) is 0 Å². The molecular weight excluding hydrogens is 364 g/mol. The molecule has 6 heteroatoms. The van der Waals surface area contributed by atoms with Crippen LogP contribution in [0.2, 0.25) is 0 Å². The molecule has 3 rings (SSSR count). The fourth-order valence-corrected chi connectivity index (χ4v) is 3.32. The maximum atomic E-state index is 12.4. The first kappa shape index (κ1) is 15.0. The van der Waals surface area contributed by atoms with Gasteiger partial charge in [-0.1, -0.05) is 34.1 Å². The van der Waals surface area contributed by atoms with Crippen molar-refractivity contribution in [1.29, 1.82) is 0 Å². The lowest BCUT2D eigenvalue weighted by atomic mass is 10.2. The number of benzene rings is 1. The number of carbonyl (C=O) groups excluding carboxylic acids is 2. The van der Waals surface area contributed by atoms with Gasteiger partial charge >= 0.3 is 0 Å². The number of halogens is 1. The highest BCUT2D eigenvalue weighted by Crippen LogP contribution is 2.33. The molecule has 0 radical (unpaired) electrons. The molecular formula is C16H11BrN2O2S. The van der Waals surface area contributed by atoms with Gasteiger partial charge in [0.05, 0.1) is 17.1 Å². The molecule has 2 amide bonds. The largest absolute Gasteiger partial charge is 0.293 e. The Kier molecular flexibility index (Phi) is 4.40. The zero-order valence-corrected chi connectivity index (χ0v) is 13.8. The first-order valence-electron chi connectivity index (χ1n) is 6.54. The fraction of sp³-hybridized carbons (Fsp3) is 0.0625. The molecule has 0 unspecified atom stereocenters. The van der Waals surface area contributed by atoms with Gasteiger partial charge < -0.3 is 0 Å². The van der Waals surface area contributed by atoms with Crippen LogP contribution in [0.25, 0.3) is 6.08 Å². The van der Waals surface area contributed by atoms with Crippen LogP contribution in [0.15, 0.2) is 58.0 Å². The van der Waals surface area contributed by atoms with Gasteiger partial charge in [-0.25, -0.2) is 0 Å². The average molecular weight is 375 g/mol. The molecule has 2 heterocycles. The SMILES string of the molecule is O=C1SC(=Cc2ccccn2)C(=O)N1Cc1cccc(Br)c1. The summed E-state index contributed by atoms with van der Waals surface area (Å²) >= 11 is 4.33. The summed E-state index contributed by atoms with van der Waals surface area (Å²) in [5.41, 5.74) is 1.56. The van der Waals surface area contributed by atoms with Crippen LogP contribution in [-0.4, -0.2) is 21.0 Å². The summed E-state index contributed by atoms with van der Waals surface area (Å²) in [5, 5.41) is -0.257. The molecule has 0 N–H and O–H groups in total. The Bertz CT molecular complexity index is 762. The number of aromatic nitrogens is 1. The molecule has 0 atom stereocenters. The number of hydrogen-bond donors (Lipinski definition) is 0. The maximum Gasteiger partial charge on any atom is 0.293 e. The van der Waals surface area contributed by atoms with Crippen molar-refractivity contribution < 1.29 is 9.59 Å². The number of imide groups is 1. The van der Waals surface area contributed by atoms with E-state index >= 15 is 0 Å². The minimum Gasteiger partial charge on any atom is -0.268 e. The van der Waals surface area contributed by atoms with Crippen molar-refractivity contribution in [2.24, 2.45) is 0 Å². The van der Waals surface area contributed by atoms with E-state index in [4.69, 9.17) is 0 Å². The predicted molar refractivity (Wildman–Crippen MR) is 89.9 cm³/mol. The van der Waals surface area contributed by atoms with Crippen LogP contribution in [-0.2, 0) is 11.3 Å². The Balaban J connectivity index is 1.81. The number of carbonyl (C=O) groups is 2. The first-order valence-corrected chi connectivity index (χ1v) is 8.15. The Morgan fingerprint density at radius 1 is 1.18 bits per heavy atom. The molecule has 1 aliphatic rings. The number of hydrogen-bond acceptors (Lipinski definition) is 4. The Morgan fingerprint density at radius 2 is 2.05 bits per heavy atom. The van der Waals surface area contributed by atoms with E-state index in [9.17, 15) is 9.59 Å². The second kappa shape index (κ2) is 6.46. The highest BCUT2D eigenvalue weighted by molar-refractivity contribution is 9.10. The lowest BCUT2D eigenvalue weighted by Gasteiger charge is -2.12. The van der Waals surface area contributed by atoms with E-state index in [1.807, 2.05) is 30.3 Å². The van der Waals surface area contributed by atoms with Crippen molar-refractivity contribution in [2.75, 3.05) is 0 Å². The molecule has 0 spiro atoms. The van der Waals surface area contributed by atoms with Crippen LogP contribution in [0.4, 0.5) is 4.79 Å². The molecule has 110 valence electrons. The topological polar surface area (TPSA) is 50.3 Å². The first-order chi connectivity index (χ1) is 10.6. The molecule has 2 aromatic rings. The van der Waals surface area contributed by atoms with Crippen molar-refractivity contribution in [1.82, 2.24) is 9.88 Å². The molecule has 0 aliphatic carbocycles. The second-order valence-electron chi connectivity index (χ2n) is 4.65. The van der Waals surface area contributed by atoms with Gasteiger partial charge in [0.25, 0.3) is 11.1 Å². The monoisotopic (exact) mass is 374 g/mol. The number of rotatable bonds is 3. The lowest BCUT2D eigenvalue weighted by Crippen LogP contribution is -2.27. The van der Waals surface area contributed by atoms with Gasteiger partial charge in [-0.15, -0.1) is 0 Å². The summed E-state index contributed by atoms with van der Waals surface area (Å²) in [6.45, 7) is 0.268. The van der Waals surface area contributed by atoms with Crippen molar-refractivity contribution >= 4 is 44.9 Å². The predicted octanol–water partition coefficient (Wildman–Crippen LogP) is 4.08. The molecule has 0 saturated carbocycles. The van der Waals surface area contributed by atoms with E-state index < -0.39 is 0 Å². The number of nitrogens with zero attached hydrogens (tertiary/aromatic N) is 2. The van der Waals surface area contributed by atoms with E-state index in [1.54, 1.807) is 24.4 Å². The van der Waals surface area contributed by atoms with Gasteiger partial charge in [0.1, 0.15) is 0 Å². The maximum absolute atomic E-state index is 12.4. The van der Waals surface area contributed by atoms with E-state index in [1.165, 1.54) is 4.90 Å². The van der Waals surface area contributed by atoms with Crippen molar-refractivity contribution in [2.45, 2.75) is 6.54 Å². The van der Waals surface area contributed by atoms with Gasteiger partial charge in [0.15, 0.2) is 0 Å².